The molecule has 1 unspecified atom stereocenters. The maximum atomic E-state index is 12.3. The standard InChI is InChI=1S/C14H19NO2/c1-10(2)13-4-3-9-15(13)14(17)11-5-7-12(16)8-6-11/h5-8,10,13,16H,3-4,9H2,1-2H3. The van der Waals surface area contributed by atoms with Crippen molar-refractivity contribution in [2.75, 3.05) is 6.54 Å². The summed E-state index contributed by atoms with van der Waals surface area (Å²) < 4.78 is 0. The Balaban J connectivity index is 2.17. The van der Waals surface area contributed by atoms with Crippen LogP contribution >= 0.6 is 0 Å². The van der Waals surface area contributed by atoms with Gasteiger partial charge >= 0.3 is 0 Å². The minimum absolute atomic E-state index is 0.0844. The van der Waals surface area contributed by atoms with Crippen molar-refractivity contribution >= 4 is 5.91 Å². The third-order valence-electron chi connectivity index (χ3n) is 3.44. The largest absolute Gasteiger partial charge is 0.508 e. The van der Waals surface area contributed by atoms with Crippen LogP contribution < -0.4 is 0 Å². The minimum atomic E-state index is 0.0844. The summed E-state index contributed by atoms with van der Waals surface area (Å²) in [7, 11) is 0. The average Bonchev–Trinajstić information content (AvgIpc) is 2.78. The number of amides is 1. The van der Waals surface area contributed by atoms with E-state index in [0.717, 1.165) is 19.4 Å². The molecule has 0 aliphatic carbocycles. The highest BCUT2D eigenvalue weighted by Crippen LogP contribution is 2.25. The molecule has 1 N–H and O–H groups in total. The fourth-order valence-electron chi connectivity index (χ4n) is 2.51. The van der Waals surface area contributed by atoms with Crippen molar-refractivity contribution in [2.45, 2.75) is 32.7 Å². The molecule has 1 amide bonds. The van der Waals surface area contributed by atoms with Crippen molar-refractivity contribution in [3.63, 3.8) is 0 Å². The highest BCUT2D eigenvalue weighted by atomic mass is 16.3. The SMILES string of the molecule is CC(C)C1CCCN1C(=O)c1ccc(O)cc1. The van der Waals surface area contributed by atoms with Crippen LogP contribution in [-0.2, 0) is 0 Å². The normalized spacial score (nSPS) is 19.9. The first-order valence-corrected chi connectivity index (χ1v) is 6.19. The average molecular weight is 233 g/mol. The Morgan fingerprint density at radius 1 is 1.35 bits per heavy atom. The lowest BCUT2D eigenvalue weighted by atomic mass is 10.0. The monoisotopic (exact) mass is 233 g/mol. The van der Waals surface area contributed by atoms with Crippen molar-refractivity contribution in [3.05, 3.63) is 29.8 Å². The van der Waals surface area contributed by atoms with E-state index >= 15 is 0 Å². The van der Waals surface area contributed by atoms with Crippen LogP contribution in [0.2, 0.25) is 0 Å². The van der Waals surface area contributed by atoms with Crippen LogP contribution in [-0.4, -0.2) is 28.5 Å². The lowest BCUT2D eigenvalue weighted by Crippen LogP contribution is -2.38. The van der Waals surface area contributed by atoms with E-state index in [0.29, 0.717) is 17.5 Å². The molecule has 1 aliphatic heterocycles. The number of phenolic OH excluding ortho intramolecular Hbond substituents is 1. The van der Waals surface area contributed by atoms with Crippen molar-refractivity contribution in [1.82, 2.24) is 4.90 Å². The van der Waals surface area contributed by atoms with Crippen LogP contribution in [0.4, 0.5) is 0 Å². The van der Waals surface area contributed by atoms with Crippen molar-refractivity contribution < 1.29 is 9.90 Å². The van der Waals surface area contributed by atoms with Crippen LogP contribution in [0.15, 0.2) is 24.3 Å². The predicted octanol–water partition coefficient (Wildman–Crippen LogP) is 2.65. The highest BCUT2D eigenvalue weighted by molar-refractivity contribution is 5.94. The smallest absolute Gasteiger partial charge is 0.254 e. The fraction of sp³-hybridized carbons (Fsp3) is 0.500. The molecule has 3 nitrogen and oxygen atoms in total. The Morgan fingerprint density at radius 3 is 2.59 bits per heavy atom. The second kappa shape index (κ2) is 4.78. The molecular formula is C14H19NO2. The Bertz CT molecular complexity index is 397. The number of rotatable bonds is 2. The molecular weight excluding hydrogens is 214 g/mol. The quantitative estimate of drug-likeness (QED) is 0.853. The van der Waals surface area contributed by atoms with Crippen molar-refractivity contribution in [1.29, 1.82) is 0 Å². The number of hydrogen-bond acceptors (Lipinski definition) is 2. The van der Waals surface area contributed by atoms with Gasteiger partial charge in [0.2, 0.25) is 0 Å². The number of carbonyl (C=O) groups excluding carboxylic acids is 1. The van der Waals surface area contributed by atoms with Crippen LogP contribution in [0.5, 0.6) is 5.75 Å². The summed E-state index contributed by atoms with van der Waals surface area (Å²) in [5.41, 5.74) is 0.662. The Morgan fingerprint density at radius 2 is 2.00 bits per heavy atom. The summed E-state index contributed by atoms with van der Waals surface area (Å²) in [6, 6.07) is 6.86. The molecule has 17 heavy (non-hydrogen) atoms. The van der Waals surface area contributed by atoms with E-state index in [2.05, 4.69) is 13.8 Å². The highest BCUT2D eigenvalue weighted by Gasteiger charge is 2.31. The maximum absolute atomic E-state index is 12.3. The van der Waals surface area contributed by atoms with Crippen LogP contribution in [0.25, 0.3) is 0 Å². The summed E-state index contributed by atoms with van der Waals surface area (Å²) in [5, 5.41) is 9.22. The Labute approximate surface area is 102 Å². The lowest BCUT2D eigenvalue weighted by Gasteiger charge is -2.27. The second-order valence-electron chi connectivity index (χ2n) is 5.00. The molecule has 1 aliphatic rings. The molecule has 1 aromatic carbocycles. The minimum Gasteiger partial charge on any atom is -0.508 e. The molecule has 0 saturated carbocycles. The third kappa shape index (κ3) is 2.43. The molecule has 1 atom stereocenters. The first kappa shape index (κ1) is 12.0. The van der Waals surface area contributed by atoms with Gasteiger partial charge in [0.05, 0.1) is 0 Å². The van der Waals surface area contributed by atoms with E-state index in [-0.39, 0.29) is 11.7 Å². The maximum Gasteiger partial charge on any atom is 0.254 e. The van der Waals surface area contributed by atoms with Gasteiger partial charge in [-0.3, -0.25) is 4.79 Å². The first-order chi connectivity index (χ1) is 8.09. The molecule has 0 aromatic heterocycles. The number of benzene rings is 1. The van der Waals surface area contributed by atoms with E-state index in [1.807, 2.05) is 4.90 Å². The van der Waals surface area contributed by atoms with E-state index in [1.165, 1.54) is 0 Å². The van der Waals surface area contributed by atoms with Gasteiger partial charge in [0.25, 0.3) is 5.91 Å². The predicted molar refractivity (Wildman–Crippen MR) is 67.0 cm³/mol. The molecule has 92 valence electrons. The second-order valence-corrected chi connectivity index (χ2v) is 5.00. The molecule has 1 saturated heterocycles. The number of nitrogens with zero attached hydrogens (tertiary/aromatic N) is 1. The summed E-state index contributed by atoms with van der Waals surface area (Å²) in [6.07, 6.45) is 2.19. The molecule has 1 heterocycles. The number of hydrogen-bond donors (Lipinski definition) is 1. The summed E-state index contributed by atoms with van der Waals surface area (Å²) in [6.45, 7) is 5.17. The van der Waals surface area contributed by atoms with Gasteiger partial charge in [-0.2, -0.15) is 0 Å². The van der Waals surface area contributed by atoms with Gasteiger partial charge in [-0.15, -0.1) is 0 Å². The van der Waals surface area contributed by atoms with Crippen LogP contribution in [0.3, 0.4) is 0 Å². The molecule has 0 radical (unpaired) electrons. The molecule has 0 spiro atoms. The molecule has 2 rings (SSSR count). The fourth-order valence-corrected chi connectivity index (χ4v) is 2.51. The Hall–Kier alpha value is -1.51. The van der Waals surface area contributed by atoms with Gasteiger partial charge < -0.3 is 10.0 Å². The number of likely N-dealkylation sites (tertiary alicyclic amines) is 1. The summed E-state index contributed by atoms with van der Waals surface area (Å²) in [5.74, 6) is 0.781. The molecule has 0 bridgehead atoms. The third-order valence-corrected chi connectivity index (χ3v) is 3.44. The lowest BCUT2D eigenvalue weighted by molar-refractivity contribution is 0.0701. The van der Waals surface area contributed by atoms with Crippen LogP contribution in [0, 0.1) is 5.92 Å². The zero-order chi connectivity index (χ0) is 12.4. The Kier molecular flexibility index (Phi) is 3.36. The zero-order valence-electron chi connectivity index (χ0n) is 10.4. The number of carbonyl (C=O) groups is 1. The number of aromatic hydroxyl groups is 1. The summed E-state index contributed by atoms with van der Waals surface area (Å²) in [4.78, 5) is 14.3. The van der Waals surface area contributed by atoms with Gasteiger partial charge in [0.1, 0.15) is 5.75 Å². The summed E-state index contributed by atoms with van der Waals surface area (Å²) >= 11 is 0. The van der Waals surface area contributed by atoms with Gasteiger partial charge in [0.15, 0.2) is 0 Å². The molecule has 3 heteroatoms. The molecule has 1 fully saturated rings. The topological polar surface area (TPSA) is 40.5 Å². The van der Waals surface area contributed by atoms with Gasteiger partial charge in [-0.25, -0.2) is 0 Å². The van der Waals surface area contributed by atoms with Gasteiger partial charge in [-0.05, 0) is 43.0 Å². The van der Waals surface area contributed by atoms with Crippen molar-refractivity contribution in [2.24, 2.45) is 5.92 Å². The molecule has 1 aromatic rings. The van der Waals surface area contributed by atoms with Crippen molar-refractivity contribution in [3.8, 4) is 5.75 Å². The zero-order valence-corrected chi connectivity index (χ0v) is 10.4. The van der Waals surface area contributed by atoms with Crippen LogP contribution in [0.1, 0.15) is 37.0 Å². The van der Waals surface area contributed by atoms with Gasteiger partial charge in [-0.1, -0.05) is 13.8 Å². The van der Waals surface area contributed by atoms with E-state index in [4.69, 9.17) is 0 Å². The van der Waals surface area contributed by atoms with E-state index < -0.39 is 0 Å². The van der Waals surface area contributed by atoms with E-state index in [1.54, 1.807) is 24.3 Å². The first-order valence-electron chi connectivity index (χ1n) is 6.19. The number of phenols is 1. The van der Waals surface area contributed by atoms with E-state index in [9.17, 15) is 9.90 Å². The van der Waals surface area contributed by atoms with Gasteiger partial charge in [0, 0.05) is 18.2 Å².